The van der Waals surface area contributed by atoms with Crippen molar-refractivity contribution in [2.24, 2.45) is 0 Å². The van der Waals surface area contributed by atoms with Crippen molar-refractivity contribution in [3.8, 4) is 0 Å². The lowest BCUT2D eigenvalue weighted by atomic mass is 10.0. The van der Waals surface area contributed by atoms with Crippen LogP contribution in [0.15, 0.2) is 108 Å². The average Bonchev–Trinajstić information content (AvgIpc) is 3.02. The third kappa shape index (κ3) is 8.40. The number of carbonyl (C=O) groups is 2. The van der Waals surface area contributed by atoms with Crippen molar-refractivity contribution < 1.29 is 18.0 Å². The fourth-order valence-electron chi connectivity index (χ4n) is 4.71. The molecule has 44 heavy (non-hydrogen) atoms. The molecule has 7 nitrogen and oxygen atoms in total. The first-order valence-electron chi connectivity index (χ1n) is 14.3. The number of rotatable bonds is 13. The number of nitrogens with zero attached hydrogens (tertiary/aromatic N) is 2. The van der Waals surface area contributed by atoms with Gasteiger partial charge < -0.3 is 10.2 Å². The molecule has 0 aromatic heterocycles. The first-order valence-corrected chi connectivity index (χ1v) is 16.5. The van der Waals surface area contributed by atoms with Crippen molar-refractivity contribution in [1.82, 2.24) is 10.2 Å². The van der Waals surface area contributed by atoms with Crippen LogP contribution in [0.3, 0.4) is 0 Å². The molecule has 4 aromatic carbocycles. The summed E-state index contributed by atoms with van der Waals surface area (Å²) >= 11 is 12.7. The van der Waals surface area contributed by atoms with Crippen LogP contribution in [-0.4, -0.2) is 44.3 Å². The van der Waals surface area contributed by atoms with Gasteiger partial charge in [-0.05, 0) is 60.9 Å². The van der Waals surface area contributed by atoms with Crippen molar-refractivity contribution in [2.75, 3.05) is 17.4 Å². The highest BCUT2D eigenvalue weighted by Gasteiger charge is 2.34. The molecule has 0 bridgehead atoms. The van der Waals surface area contributed by atoms with Gasteiger partial charge in [-0.3, -0.25) is 13.9 Å². The van der Waals surface area contributed by atoms with Gasteiger partial charge in [0.1, 0.15) is 12.6 Å². The van der Waals surface area contributed by atoms with E-state index in [1.807, 2.05) is 44.2 Å². The first-order chi connectivity index (χ1) is 21.1. The second-order valence-electron chi connectivity index (χ2n) is 10.4. The Morgan fingerprint density at radius 3 is 2.11 bits per heavy atom. The number of sulfonamides is 1. The lowest BCUT2D eigenvalue weighted by molar-refractivity contribution is -0.140. The zero-order chi connectivity index (χ0) is 31.7. The number of hydrogen-bond acceptors (Lipinski definition) is 4. The fraction of sp³-hybridized carbons (Fsp3) is 0.235. The molecule has 0 radical (unpaired) electrons. The van der Waals surface area contributed by atoms with Gasteiger partial charge in [0, 0.05) is 29.6 Å². The quantitative estimate of drug-likeness (QED) is 0.175. The van der Waals surface area contributed by atoms with Crippen molar-refractivity contribution in [3.63, 3.8) is 0 Å². The summed E-state index contributed by atoms with van der Waals surface area (Å²) in [7, 11) is -4.16. The van der Waals surface area contributed by atoms with Crippen LogP contribution < -0.4 is 9.62 Å². The van der Waals surface area contributed by atoms with Gasteiger partial charge in [0.05, 0.1) is 10.6 Å². The van der Waals surface area contributed by atoms with E-state index < -0.39 is 28.5 Å². The molecule has 10 heteroatoms. The number of hydrogen-bond donors (Lipinski definition) is 1. The molecule has 0 spiro atoms. The molecule has 1 atom stereocenters. The Morgan fingerprint density at radius 2 is 1.50 bits per heavy atom. The van der Waals surface area contributed by atoms with Crippen LogP contribution in [0.2, 0.25) is 10.0 Å². The summed E-state index contributed by atoms with van der Waals surface area (Å²) in [6, 6.07) is 28.2. The smallest absolute Gasteiger partial charge is 0.264 e. The fourth-order valence-corrected chi connectivity index (χ4v) is 6.62. The molecule has 1 unspecified atom stereocenters. The Morgan fingerprint density at radius 1 is 0.864 bits per heavy atom. The Bertz CT molecular complexity index is 1670. The van der Waals surface area contributed by atoms with Gasteiger partial charge in [-0.1, -0.05) is 102 Å². The van der Waals surface area contributed by atoms with Crippen LogP contribution in [0.4, 0.5) is 5.69 Å². The number of carbonyl (C=O) groups excluding carboxylic acids is 2. The number of aryl methyl sites for hydroxylation is 1. The minimum absolute atomic E-state index is 0.0427. The van der Waals surface area contributed by atoms with Gasteiger partial charge in [-0.15, -0.1) is 0 Å². The summed E-state index contributed by atoms with van der Waals surface area (Å²) in [5.74, 6) is -0.911. The summed E-state index contributed by atoms with van der Waals surface area (Å²) in [5.41, 5.74) is 2.68. The molecule has 0 saturated heterocycles. The summed E-state index contributed by atoms with van der Waals surface area (Å²) in [5, 5.41) is 3.68. The molecule has 0 heterocycles. The molecule has 4 aromatic rings. The van der Waals surface area contributed by atoms with E-state index in [1.54, 1.807) is 60.7 Å². The number of benzene rings is 4. The molecule has 2 amide bonds. The molecule has 0 aliphatic heterocycles. The highest BCUT2D eigenvalue weighted by molar-refractivity contribution is 7.92. The van der Waals surface area contributed by atoms with Crippen molar-refractivity contribution in [3.05, 3.63) is 130 Å². The highest BCUT2D eigenvalue weighted by atomic mass is 35.5. The molecule has 0 saturated carbocycles. The van der Waals surface area contributed by atoms with Crippen LogP contribution in [-0.2, 0) is 32.6 Å². The molecule has 1 N–H and O–H groups in total. The number of nitrogens with one attached hydrogen (secondary N) is 1. The zero-order valence-corrected chi connectivity index (χ0v) is 26.9. The largest absolute Gasteiger partial charge is 0.354 e. The lowest BCUT2D eigenvalue weighted by Crippen LogP contribution is -2.53. The van der Waals surface area contributed by atoms with Crippen molar-refractivity contribution in [2.45, 2.75) is 44.2 Å². The molecular formula is C34H35Cl2N3O4S. The Balaban J connectivity index is 1.80. The van der Waals surface area contributed by atoms with Crippen molar-refractivity contribution >= 4 is 50.7 Å². The zero-order valence-electron chi connectivity index (χ0n) is 24.6. The van der Waals surface area contributed by atoms with E-state index in [0.717, 1.165) is 15.4 Å². The predicted molar refractivity (Wildman–Crippen MR) is 176 cm³/mol. The third-order valence-corrected chi connectivity index (χ3v) is 9.48. The van der Waals surface area contributed by atoms with Crippen molar-refractivity contribution in [1.29, 1.82) is 0 Å². The third-order valence-electron chi connectivity index (χ3n) is 7.11. The standard InChI is InChI=1S/C34H35Cl2N3O4S/c1-3-20-37-34(41)32(21-26-10-6-4-7-11-26)38(23-27-16-17-28(35)22-31(27)36)33(40)24-39(29-18-14-25(2)15-19-29)44(42,43)30-12-8-5-9-13-30/h4-19,22,32H,3,20-21,23-24H2,1-2H3,(H,37,41). The topological polar surface area (TPSA) is 86.8 Å². The lowest BCUT2D eigenvalue weighted by Gasteiger charge is -2.34. The maximum absolute atomic E-state index is 14.4. The number of halogens is 2. The van der Waals surface area contributed by atoms with Gasteiger partial charge in [0.15, 0.2) is 0 Å². The van der Waals surface area contributed by atoms with Crippen LogP contribution in [0.5, 0.6) is 0 Å². The summed E-state index contributed by atoms with van der Waals surface area (Å²) in [6.45, 7) is 3.67. The second-order valence-corrected chi connectivity index (χ2v) is 13.1. The Kier molecular flexibility index (Phi) is 11.4. The maximum Gasteiger partial charge on any atom is 0.264 e. The monoisotopic (exact) mass is 651 g/mol. The molecule has 0 aliphatic carbocycles. The second kappa shape index (κ2) is 15.2. The predicted octanol–water partition coefficient (Wildman–Crippen LogP) is 6.66. The van der Waals surface area contributed by atoms with Crippen LogP contribution in [0.25, 0.3) is 0 Å². The van der Waals surface area contributed by atoms with Gasteiger partial charge in [0.2, 0.25) is 11.8 Å². The van der Waals surface area contributed by atoms with Crippen LogP contribution in [0, 0.1) is 6.92 Å². The number of amides is 2. The molecule has 0 aliphatic rings. The first kappa shape index (κ1) is 33.1. The average molecular weight is 653 g/mol. The van der Waals surface area contributed by atoms with Crippen LogP contribution in [0.1, 0.15) is 30.0 Å². The van der Waals surface area contributed by atoms with Gasteiger partial charge in [-0.2, -0.15) is 0 Å². The van der Waals surface area contributed by atoms with E-state index in [1.165, 1.54) is 17.0 Å². The molecule has 0 fully saturated rings. The van der Waals surface area contributed by atoms with Gasteiger partial charge in [-0.25, -0.2) is 8.42 Å². The van der Waals surface area contributed by atoms with E-state index in [-0.39, 0.29) is 23.8 Å². The SMILES string of the molecule is CCCNC(=O)C(Cc1ccccc1)N(Cc1ccc(Cl)cc1Cl)C(=O)CN(c1ccc(C)cc1)S(=O)(=O)c1ccccc1. The van der Waals surface area contributed by atoms with E-state index in [2.05, 4.69) is 5.32 Å². The Labute approximate surface area is 269 Å². The summed E-state index contributed by atoms with van der Waals surface area (Å²) < 4.78 is 29.1. The van der Waals surface area contributed by atoms with E-state index >= 15 is 0 Å². The molecule has 4 rings (SSSR count). The minimum Gasteiger partial charge on any atom is -0.354 e. The summed E-state index contributed by atoms with van der Waals surface area (Å²) in [4.78, 5) is 29.6. The number of anilines is 1. The van der Waals surface area contributed by atoms with Gasteiger partial charge in [0.25, 0.3) is 10.0 Å². The van der Waals surface area contributed by atoms with E-state index in [4.69, 9.17) is 23.2 Å². The molecule has 230 valence electrons. The highest BCUT2D eigenvalue weighted by Crippen LogP contribution is 2.27. The summed E-state index contributed by atoms with van der Waals surface area (Å²) in [6.07, 6.45) is 0.917. The van der Waals surface area contributed by atoms with Crippen LogP contribution >= 0.6 is 23.2 Å². The maximum atomic E-state index is 14.4. The molecular weight excluding hydrogens is 617 g/mol. The minimum atomic E-state index is -4.16. The van der Waals surface area contributed by atoms with E-state index in [9.17, 15) is 18.0 Å². The normalized spacial score (nSPS) is 11.9. The van der Waals surface area contributed by atoms with Gasteiger partial charge >= 0.3 is 0 Å². The van der Waals surface area contributed by atoms with E-state index in [0.29, 0.717) is 34.3 Å². The Hall–Kier alpha value is -3.85.